The Balaban J connectivity index is 2.27. The molecule has 1 aliphatic heterocycles. The summed E-state index contributed by atoms with van der Waals surface area (Å²) in [6.07, 6.45) is -1.23. The van der Waals surface area contributed by atoms with E-state index >= 15 is 0 Å². The number of guanidine groups is 1. The van der Waals surface area contributed by atoms with Crippen LogP contribution in [-0.2, 0) is 64.0 Å². The molecule has 1 saturated heterocycles. The number of carbonyl (C=O) groups is 12. The summed E-state index contributed by atoms with van der Waals surface area (Å²) < 4.78 is 0. The summed E-state index contributed by atoms with van der Waals surface area (Å²) in [5.41, 5.74) is 27.5. The van der Waals surface area contributed by atoms with Crippen LogP contribution in [0.5, 0.6) is 0 Å². The number of hydrogen-bond donors (Lipinski definition) is 16. The molecule has 21 N–H and O–H groups in total. The fraction of sp³-hybridized carbons (Fsp3) is 0.548. The molecule has 71 heavy (non-hydrogen) atoms. The number of aliphatic imine (C=N–C) groups is 1. The molecule has 0 aromatic heterocycles. The van der Waals surface area contributed by atoms with Crippen molar-refractivity contribution in [3.63, 3.8) is 0 Å². The van der Waals surface area contributed by atoms with Gasteiger partial charge >= 0.3 is 11.9 Å². The van der Waals surface area contributed by atoms with Crippen LogP contribution in [0.4, 0.5) is 0 Å². The predicted octanol–water partition coefficient (Wildman–Crippen LogP) is -7.39. The van der Waals surface area contributed by atoms with Crippen LogP contribution >= 0.6 is 0 Å². The summed E-state index contributed by atoms with van der Waals surface area (Å²) in [5, 5.41) is 40.6. The highest BCUT2D eigenvalue weighted by Crippen LogP contribution is 2.09. The Kier molecular flexibility index (Phi) is 26.0. The van der Waals surface area contributed by atoms with Gasteiger partial charge in [-0.2, -0.15) is 0 Å². The zero-order valence-corrected chi connectivity index (χ0v) is 38.9. The van der Waals surface area contributed by atoms with Crippen molar-refractivity contribution in [3.05, 3.63) is 35.9 Å². The van der Waals surface area contributed by atoms with E-state index in [1.807, 2.05) is 0 Å². The quantitative estimate of drug-likeness (QED) is 0.0177. The standard InChI is InChI=1S/C42H65N15O14/c43-13-5-4-10-24(38(67)57-29(41(70)71)18-31(45)59)54-37(66)25(12-7-15-49-42(46)47)55-39(68)27(17-30(44)58)56-40(69)28(19-34(62)63)53-33(61)21-51-36(65)26(16-22-8-2-1-3-9-22)52-32(60)20-50-35(64)23-11-6-14-48-23/h1-3,8-9,23-29,48H,4-7,10-21,43H2,(H2,44,58)(H2,45,59)(H,50,64)(H,51,65)(H,52,60)(H,53,61)(H,54,66)(H,55,68)(H,56,69)(H,57,67)(H,62,63)(H,70,71)(H4,46,47,49)/t23-,24-,25-,26-,27-,28-,29-/m0/s1. The topological polar surface area (TPSA) is 496 Å². The molecule has 1 aromatic carbocycles. The van der Waals surface area contributed by atoms with Crippen molar-refractivity contribution < 1.29 is 67.7 Å². The summed E-state index contributed by atoms with van der Waals surface area (Å²) in [7, 11) is 0. The molecule has 0 aliphatic carbocycles. The summed E-state index contributed by atoms with van der Waals surface area (Å²) in [4.78, 5) is 157. The van der Waals surface area contributed by atoms with Crippen LogP contribution in [0.15, 0.2) is 35.3 Å². The van der Waals surface area contributed by atoms with Gasteiger partial charge in [-0.05, 0) is 63.6 Å². The van der Waals surface area contributed by atoms with Gasteiger partial charge in [0.1, 0.15) is 36.3 Å². The third-order valence-corrected chi connectivity index (χ3v) is 10.4. The van der Waals surface area contributed by atoms with Crippen molar-refractivity contribution in [3.8, 4) is 0 Å². The molecular weight excluding hydrogens is 939 g/mol. The van der Waals surface area contributed by atoms with Gasteiger partial charge in [0.2, 0.25) is 59.1 Å². The number of nitrogens with one attached hydrogen (secondary N) is 9. The highest BCUT2D eigenvalue weighted by atomic mass is 16.4. The largest absolute Gasteiger partial charge is 0.481 e. The van der Waals surface area contributed by atoms with E-state index in [2.05, 4.69) is 52.8 Å². The van der Waals surface area contributed by atoms with Gasteiger partial charge in [0.15, 0.2) is 5.96 Å². The molecular formula is C42H65N15O14. The third-order valence-electron chi connectivity index (χ3n) is 10.4. The van der Waals surface area contributed by atoms with Crippen LogP contribution in [0.3, 0.4) is 0 Å². The molecule has 1 aliphatic rings. The number of rotatable bonds is 33. The molecule has 0 bridgehead atoms. The molecule has 392 valence electrons. The summed E-state index contributed by atoms with van der Waals surface area (Å²) >= 11 is 0. The van der Waals surface area contributed by atoms with E-state index in [1.165, 1.54) is 0 Å². The number of hydrogen-bond acceptors (Lipinski definition) is 15. The number of primary amides is 2. The van der Waals surface area contributed by atoms with Crippen molar-refractivity contribution in [2.75, 3.05) is 32.7 Å². The van der Waals surface area contributed by atoms with Gasteiger partial charge in [0, 0.05) is 13.0 Å². The van der Waals surface area contributed by atoms with Gasteiger partial charge < -0.3 is 86.7 Å². The van der Waals surface area contributed by atoms with Crippen molar-refractivity contribution in [2.24, 2.45) is 33.7 Å². The third kappa shape index (κ3) is 23.8. The lowest BCUT2D eigenvalue weighted by Crippen LogP contribution is -2.59. The van der Waals surface area contributed by atoms with Crippen molar-refractivity contribution in [2.45, 2.75) is 113 Å². The minimum absolute atomic E-state index is 0.00594. The molecule has 29 nitrogen and oxygen atoms in total. The first-order valence-electron chi connectivity index (χ1n) is 22.5. The molecule has 7 atom stereocenters. The zero-order chi connectivity index (χ0) is 53.0. The Bertz CT molecular complexity index is 2080. The van der Waals surface area contributed by atoms with E-state index in [9.17, 15) is 67.7 Å². The molecule has 0 saturated carbocycles. The number of benzene rings is 1. The Labute approximate surface area is 407 Å². The number of nitrogens with zero attached hydrogens (tertiary/aromatic N) is 1. The van der Waals surface area contributed by atoms with Crippen LogP contribution in [0.1, 0.15) is 69.8 Å². The highest BCUT2D eigenvalue weighted by Gasteiger charge is 2.34. The van der Waals surface area contributed by atoms with E-state index in [4.69, 9.17) is 28.7 Å². The molecule has 2 rings (SSSR count). The van der Waals surface area contributed by atoms with Crippen molar-refractivity contribution in [1.82, 2.24) is 47.9 Å². The van der Waals surface area contributed by atoms with Crippen molar-refractivity contribution in [1.29, 1.82) is 0 Å². The Morgan fingerprint density at radius 1 is 0.606 bits per heavy atom. The minimum atomic E-state index is -1.95. The van der Waals surface area contributed by atoms with E-state index in [0.717, 1.165) is 6.42 Å². The molecule has 0 unspecified atom stereocenters. The number of amides is 10. The molecule has 0 radical (unpaired) electrons. The van der Waals surface area contributed by atoms with Gasteiger partial charge in [-0.15, -0.1) is 0 Å². The molecule has 1 heterocycles. The van der Waals surface area contributed by atoms with Crippen LogP contribution < -0.4 is 76.5 Å². The smallest absolute Gasteiger partial charge is 0.326 e. The first-order valence-corrected chi connectivity index (χ1v) is 22.5. The number of carboxylic acids is 2. The van der Waals surface area contributed by atoms with Crippen LogP contribution in [-0.4, -0.2) is 162 Å². The first kappa shape index (κ1) is 59.2. The molecule has 29 heteroatoms. The maximum atomic E-state index is 13.8. The SMILES string of the molecule is NCCCC[C@H](NC(=O)[C@H](CCCN=C(N)N)NC(=O)[C@H](CC(N)=O)NC(=O)[C@H](CC(=O)O)NC(=O)CNC(=O)[C@H](Cc1ccccc1)NC(=O)CNC(=O)[C@@H]1CCCN1)C(=O)N[C@@H](CC(N)=O)C(=O)O. The number of carboxylic acid groups (broad SMARTS) is 2. The molecule has 1 fully saturated rings. The summed E-state index contributed by atoms with van der Waals surface area (Å²) in [6.45, 7) is -0.565. The fourth-order valence-corrected chi connectivity index (χ4v) is 6.86. The van der Waals surface area contributed by atoms with Crippen molar-refractivity contribution >= 4 is 77.0 Å². The zero-order valence-electron chi connectivity index (χ0n) is 38.9. The van der Waals surface area contributed by atoms with Gasteiger partial charge in [-0.1, -0.05) is 30.3 Å². The average molecular weight is 1000 g/mol. The second-order valence-electron chi connectivity index (χ2n) is 16.3. The predicted molar refractivity (Wildman–Crippen MR) is 249 cm³/mol. The lowest BCUT2D eigenvalue weighted by Gasteiger charge is -2.26. The Morgan fingerprint density at radius 2 is 1.11 bits per heavy atom. The molecule has 1 aromatic rings. The monoisotopic (exact) mass is 1000 g/mol. The normalized spacial score (nSPS) is 15.3. The van der Waals surface area contributed by atoms with Gasteiger partial charge in [-0.25, -0.2) is 4.79 Å². The van der Waals surface area contributed by atoms with E-state index in [-0.39, 0.29) is 51.2 Å². The average Bonchev–Trinajstić information content (AvgIpc) is 3.85. The number of nitrogens with two attached hydrogens (primary N) is 5. The number of carbonyl (C=O) groups excluding carboxylic acids is 10. The van der Waals surface area contributed by atoms with Crippen LogP contribution in [0.2, 0.25) is 0 Å². The fourth-order valence-electron chi connectivity index (χ4n) is 6.86. The van der Waals surface area contributed by atoms with E-state index in [0.29, 0.717) is 24.9 Å². The van der Waals surface area contributed by atoms with Gasteiger partial charge in [0.05, 0.1) is 38.4 Å². The minimum Gasteiger partial charge on any atom is -0.481 e. The second-order valence-corrected chi connectivity index (χ2v) is 16.3. The summed E-state index contributed by atoms with van der Waals surface area (Å²) in [6, 6.07) is -1.97. The van der Waals surface area contributed by atoms with Crippen LogP contribution in [0, 0.1) is 0 Å². The Morgan fingerprint density at radius 3 is 1.63 bits per heavy atom. The second kappa shape index (κ2) is 31.2. The molecule has 10 amide bonds. The van der Waals surface area contributed by atoms with E-state index < -0.39 is 146 Å². The lowest BCUT2D eigenvalue weighted by molar-refractivity contribution is -0.144. The summed E-state index contributed by atoms with van der Waals surface area (Å²) in [5.74, 6) is -13.5. The van der Waals surface area contributed by atoms with Gasteiger partial charge in [-0.3, -0.25) is 57.7 Å². The maximum Gasteiger partial charge on any atom is 0.326 e. The molecule has 0 spiro atoms. The van der Waals surface area contributed by atoms with Gasteiger partial charge in [0.25, 0.3) is 0 Å². The number of unbranched alkanes of at least 4 members (excludes halogenated alkanes) is 1. The lowest BCUT2D eigenvalue weighted by atomic mass is 10.0. The van der Waals surface area contributed by atoms with E-state index in [1.54, 1.807) is 30.3 Å². The number of aliphatic carboxylic acids is 2. The first-order chi connectivity index (χ1) is 33.6. The maximum absolute atomic E-state index is 13.8. The van der Waals surface area contributed by atoms with Crippen LogP contribution in [0.25, 0.3) is 0 Å². The Hall–Kier alpha value is -7.95. The highest BCUT2D eigenvalue weighted by molar-refractivity contribution is 5.99.